The molecule has 0 aliphatic carbocycles. The second kappa shape index (κ2) is 5.47. The Morgan fingerprint density at radius 3 is 2.67 bits per heavy atom. The van der Waals surface area contributed by atoms with Crippen molar-refractivity contribution >= 4 is 11.6 Å². The molecule has 1 heterocycles. The average Bonchev–Trinajstić information content (AvgIpc) is 2.17. The molecule has 0 aromatic carbocycles. The summed E-state index contributed by atoms with van der Waals surface area (Å²) in [5.74, 6) is 0. The van der Waals surface area contributed by atoms with Gasteiger partial charge in [-0.05, 0) is 31.9 Å². The molecule has 0 saturated heterocycles. The molecule has 0 radical (unpaired) electrons. The largest absolute Gasteiger partial charge is 0.308 e. The van der Waals surface area contributed by atoms with Gasteiger partial charge in [0.25, 0.3) is 0 Å². The van der Waals surface area contributed by atoms with Crippen molar-refractivity contribution in [3.8, 4) is 0 Å². The van der Waals surface area contributed by atoms with E-state index in [9.17, 15) is 0 Å². The van der Waals surface area contributed by atoms with Crippen LogP contribution in [-0.2, 0) is 6.54 Å². The number of rotatable bonds is 5. The maximum absolute atomic E-state index is 5.72. The Kier molecular flexibility index (Phi) is 4.55. The van der Waals surface area contributed by atoms with E-state index < -0.39 is 0 Å². The zero-order valence-electron chi connectivity index (χ0n) is 9.68. The van der Waals surface area contributed by atoms with Crippen molar-refractivity contribution in [2.24, 2.45) is 0 Å². The molecule has 0 aliphatic rings. The Morgan fingerprint density at radius 2 is 2.13 bits per heavy atom. The van der Waals surface area contributed by atoms with Crippen LogP contribution in [0.3, 0.4) is 0 Å². The van der Waals surface area contributed by atoms with Gasteiger partial charge in [-0.2, -0.15) is 0 Å². The summed E-state index contributed by atoms with van der Waals surface area (Å²) in [7, 11) is 0. The van der Waals surface area contributed by atoms with Crippen LogP contribution in [0.1, 0.15) is 39.2 Å². The average molecular weight is 227 g/mol. The molecule has 0 atom stereocenters. The summed E-state index contributed by atoms with van der Waals surface area (Å²) in [6.45, 7) is 7.49. The molecule has 3 heteroatoms. The van der Waals surface area contributed by atoms with Gasteiger partial charge in [-0.1, -0.05) is 31.0 Å². The summed E-state index contributed by atoms with van der Waals surface area (Å²) < 4.78 is 0. The van der Waals surface area contributed by atoms with E-state index in [-0.39, 0.29) is 5.54 Å². The summed E-state index contributed by atoms with van der Waals surface area (Å²) in [4.78, 5) is 4.05. The highest BCUT2D eigenvalue weighted by atomic mass is 35.5. The molecule has 1 aromatic rings. The van der Waals surface area contributed by atoms with E-state index >= 15 is 0 Å². The lowest BCUT2D eigenvalue weighted by Gasteiger charge is -2.25. The van der Waals surface area contributed by atoms with E-state index in [1.165, 1.54) is 18.4 Å². The van der Waals surface area contributed by atoms with E-state index in [0.717, 1.165) is 6.54 Å². The third-order valence-corrected chi connectivity index (χ3v) is 2.66. The van der Waals surface area contributed by atoms with Gasteiger partial charge >= 0.3 is 0 Å². The van der Waals surface area contributed by atoms with Gasteiger partial charge in [-0.25, -0.2) is 4.98 Å². The predicted molar refractivity (Wildman–Crippen MR) is 65.1 cm³/mol. The highest BCUT2D eigenvalue weighted by molar-refractivity contribution is 6.29. The minimum Gasteiger partial charge on any atom is -0.308 e. The van der Waals surface area contributed by atoms with Gasteiger partial charge in [0.2, 0.25) is 0 Å². The minimum absolute atomic E-state index is 0.189. The van der Waals surface area contributed by atoms with Gasteiger partial charge < -0.3 is 5.32 Å². The molecule has 0 unspecified atom stereocenters. The molecule has 1 rings (SSSR count). The molecule has 0 saturated carbocycles. The summed E-state index contributed by atoms with van der Waals surface area (Å²) >= 11 is 5.72. The standard InChI is InChI=1S/C12H19ClN2/c1-4-7-12(2,3)15-9-10-5-6-11(13)14-8-10/h5-6,8,15H,4,7,9H2,1-3H3. The summed E-state index contributed by atoms with van der Waals surface area (Å²) in [6, 6.07) is 3.83. The lowest BCUT2D eigenvalue weighted by molar-refractivity contribution is 0.356. The third kappa shape index (κ3) is 4.63. The number of aromatic nitrogens is 1. The Balaban J connectivity index is 2.46. The highest BCUT2D eigenvalue weighted by Gasteiger charge is 2.14. The highest BCUT2D eigenvalue weighted by Crippen LogP contribution is 2.12. The molecule has 0 amide bonds. The van der Waals surface area contributed by atoms with Crippen LogP contribution in [0.15, 0.2) is 18.3 Å². The van der Waals surface area contributed by atoms with Crippen LogP contribution in [0.5, 0.6) is 0 Å². The van der Waals surface area contributed by atoms with Crippen LogP contribution in [-0.4, -0.2) is 10.5 Å². The van der Waals surface area contributed by atoms with Gasteiger partial charge in [0.15, 0.2) is 0 Å². The summed E-state index contributed by atoms with van der Waals surface area (Å²) in [6.07, 6.45) is 4.18. The lowest BCUT2D eigenvalue weighted by atomic mass is 9.99. The van der Waals surface area contributed by atoms with Crippen molar-refractivity contribution < 1.29 is 0 Å². The number of pyridine rings is 1. The van der Waals surface area contributed by atoms with Crippen molar-refractivity contribution in [3.05, 3.63) is 29.0 Å². The molecule has 0 bridgehead atoms. The number of hydrogen-bond acceptors (Lipinski definition) is 2. The first kappa shape index (κ1) is 12.5. The zero-order valence-corrected chi connectivity index (χ0v) is 10.4. The van der Waals surface area contributed by atoms with E-state index in [2.05, 4.69) is 31.1 Å². The van der Waals surface area contributed by atoms with E-state index in [4.69, 9.17) is 11.6 Å². The first-order valence-corrected chi connectivity index (χ1v) is 5.77. The fraction of sp³-hybridized carbons (Fsp3) is 0.583. The molecule has 0 spiro atoms. The van der Waals surface area contributed by atoms with Crippen LogP contribution in [0.4, 0.5) is 0 Å². The van der Waals surface area contributed by atoms with Crippen molar-refractivity contribution in [1.29, 1.82) is 0 Å². The lowest BCUT2D eigenvalue weighted by Crippen LogP contribution is -2.38. The molecule has 0 aliphatic heterocycles. The molecular formula is C12H19ClN2. The topological polar surface area (TPSA) is 24.9 Å². The van der Waals surface area contributed by atoms with Crippen LogP contribution in [0, 0.1) is 0 Å². The number of nitrogens with one attached hydrogen (secondary N) is 1. The third-order valence-electron chi connectivity index (χ3n) is 2.43. The minimum atomic E-state index is 0.189. The van der Waals surface area contributed by atoms with E-state index in [1.807, 2.05) is 18.3 Å². The Morgan fingerprint density at radius 1 is 1.40 bits per heavy atom. The monoisotopic (exact) mass is 226 g/mol. The first-order valence-electron chi connectivity index (χ1n) is 5.39. The van der Waals surface area contributed by atoms with Gasteiger partial charge in [-0.15, -0.1) is 0 Å². The van der Waals surface area contributed by atoms with Crippen LogP contribution in [0.2, 0.25) is 5.15 Å². The Labute approximate surface area is 97.1 Å². The van der Waals surface area contributed by atoms with Crippen LogP contribution in [0.25, 0.3) is 0 Å². The van der Waals surface area contributed by atoms with E-state index in [0.29, 0.717) is 5.15 Å². The maximum atomic E-state index is 5.72. The van der Waals surface area contributed by atoms with Gasteiger partial charge in [0.1, 0.15) is 5.15 Å². The van der Waals surface area contributed by atoms with Gasteiger partial charge in [-0.3, -0.25) is 0 Å². The van der Waals surface area contributed by atoms with Crippen molar-refractivity contribution in [3.63, 3.8) is 0 Å². The quantitative estimate of drug-likeness (QED) is 0.779. The van der Waals surface area contributed by atoms with E-state index in [1.54, 1.807) is 0 Å². The smallest absolute Gasteiger partial charge is 0.129 e. The molecule has 1 aromatic heterocycles. The van der Waals surface area contributed by atoms with Crippen molar-refractivity contribution in [1.82, 2.24) is 10.3 Å². The fourth-order valence-electron chi connectivity index (χ4n) is 1.57. The van der Waals surface area contributed by atoms with Gasteiger partial charge in [0.05, 0.1) is 0 Å². The summed E-state index contributed by atoms with van der Waals surface area (Å²) in [5.41, 5.74) is 1.36. The van der Waals surface area contributed by atoms with Crippen molar-refractivity contribution in [2.45, 2.75) is 45.7 Å². The van der Waals surface area contributed by atoms with Crippen LogP contribution < -0.4 is 5.32 Å². The Bertz CT molecular complexity index is 293. The number of nitrogens with zero attached hydrogens (tertiary/aromatic N) is 1. The second-order valence-electron chi connectivity index (χ2n) is 4.48. The normalized spacial score (nSPS) is 11.7. The molecular weight excluding hydrogens is 208 g/mol. The molecule has 2 nitrogen and oxygen atoms in total. The zero-order chi connectivity index (χ0) is 11.3. The van der Waals surface area contributed by atoms with Crippen LogP contribution >= 0.6 is 11.6 Å². The summed E-state index contributed by atoms with van der Waals surface area (Å²) in [5, 5.41) is 4.06. The number of hydrogen-bond donors (Lipinski definition) is 1. The predicted octanol–water partition coefficient (Wildman–Crippen LogP) is 3.40. The molecule has 15 heavy (non-hydrogen) atoms. The SMILES string of the molecule is CCCC(C)(C)NCc1ccc(Cl)nc1. The molecule has 1 N–H and O–H groups in total. The van der Waals surface area contributed by atoms with Gasteiger partial charge in [0, 0.05) is 18.3 Å². The molecule has 84 valence electrons. The fourth-order valence-corrected chi connectivity index (χ4v) is 1.68. The second-order valence-corrected chi connectivity index (χ2v) is 4.86. The number of halogens is 1. The molecule has 0 fully saturated rings. The maximum Gasteiger partial charge on any atom is 0.129 e. The van der Waals surface area contributed by atoms with Crippen molar-refractivity contribution in [2.75, 3.05) is 0 Å². The first-order chi connectivity index (χ1) is 7.03. The Hall–Kier alpha value is -0.600.